The molecule has 0 fully saturated rings. The zero-order valence-electron chi connectivity index (χ0n) is 17.2. The van der Waals surface area contributed by atoms with Gasteiger partial charge >= 0.3 is 0 Å². The highest BCUT2D eigenvalue weighted by atomic mass is 32.2. The van der Waals surface area contributed by atoms with Crippen LogP contribution in [-0.4, -0.2) is 32.8 Å². The van der Waals surface area contributed by atoms with Crippen LogP contribution in [0, 0.1) is 5.82 Å². The minimum absolute atomic E-state index is 0.147. The number of carbonyl (C=O) groups excluding carboxylic acids is 1. The maximum Gasteiger partial charge on any atom is 0.264 e. The van der Waals surface area contributed by atoms with Gasteiger partial charge in [0, 0.05) is 25.7 Å². The Balaban J connectivity index is 1.53. The van der Waals surface area contributed by atoms with E-state index >= 15 is 0 Å². The number of fused-ring (bicyclic) bond motifs is 1. The van der Waals surface area contributed by atoms with Crippen LogP contribution in [0.2, 0.25) is 0 Å². The van der Waals surface area contributed by atoms with E-state index in [4.69, 9.17) is 0 Å². The zero-order valence-corrected chi connectivity index (χ0v) is 18.0. The molecule has 0 aromatic heterocycles. The minimum atomic E-state index is -3.72. The van der Waals surface area contributed by atoms with Gasteiger partial charge in [-0.3, -0.25) is 9.10 Å². The lowest BCUT2D eigenvalue weighted by atomic mass is 10.0. The van der Waals surface area contributed by atoms with E-state index in [9.17, 15) is 17.6 Å². The number of sulfonamides is 1. The van der Waals surface area contributed by atoms with E-state index in [0.29, 0.717) is 23.4 Å². The van der Waals surface area contributed by atoms with E-state index in [-0.39, 0.29) is 23.2 Å². The van der Waals surface area contributed by atoms with Gasteiger partial charge < -0.3 is 4.90 Å². The smallest absolute Gasteiger partial charge is 0.264 e. The summed E-state index contributed by atoms with van der Waals surface area (Å²) in [6.45, 7) is 0.678. The van der Waals surface area contributed by atoms with Crippen LogP contribution in [0.15, 0.2) is 77.7 Å². The molecule has 0 unspecified atom stereocenters. The van der Waals surface area contributed by atoms with Crippen LogP contribution in [0.1, 0.15) is 27.9 Å². The van der Waals surface area contributed by atoms with Gasteiger partial charge in [0.05, 0.1) is 10.6 Å². The molecule has 0 aliphatic carbocycles. The minimum Gasteiger partial charge on any atom is -0.337 e. The first kappa shape index (κ1) is 21.1. The lowest BCUT2D eigenvalue weighted by Crippen LogP contribution is -2.35. The molecule has 31 heavy (non-hydrogen) atoms. The highest BCUT2D eigenvalue weighted by Gasteiger charge is 2.29. The van der Waals surface area contributed by atoms with Crippen molar-refractivity contribution in [1.82, 2.24) is 4.90 Å². The predicted octanol–water partition coefficient (Wildman–Crippen LogP) is 4.24. The van der Waals surface area contributed by atoms with E-state index in [1.165, 1.54) is 45.6 Å². The first-order chi connectivity index (χ1) is 14.9. The number of aryl methyl sites for hydroxylation is 1. The predicted molar refractivity (Wildman–Crippen MR) is 118 cm³/mol. The molecular weight excluding hydrogens is 415 g/mol. The van der Waals surface area contributed by atoms with Gasteiger partial charge in [-0.2, -0.15) is 0 Å². The number of carbonyl (C=O) groups is 1. The largest absolute Gasteiger partial charge is 0.337 e. The summed E-state index contributed by atoms with van der Waals surface area (Å²) in [6, 6.07) is 19.6. The van der Waals surface area contributed by atoms with Crippen LogP contribution in [0.3, 0.4) is 0 Å². The zero-order chi connectivity index (χ0) is 22.0. The SMILES string of the molecule is CN(Cc1cccc(F)c1)C(=O)c1ccc(S(=O)(=O)N2CCCc3ccccc32)cc1. The Labute approximate surface area is 181 Å². The number of nitrogens with zero attached hydrogens (tertiary/aromatic N) is 2. The topological polar surface area (TPSA) is 57.7 Å². The van der Waals surface area contributed by atoms with E-state index in [0.717, 1.165) is 18.4 Å². The first-order valence-corrected chi connectivity index (χ1v) is 11.5. The van der Waals surface area contributed by atoms with Crippen molar-refractivity contribution >= 4 is 21.6 Å². The molecule has 1 aliphatic heterocycles. The Morgan fingerprint density at radius 3 is 2.52 bits per heavy atom. The van der Waals surface area contributed by atoms with Gasteiger partial charge in [0.15, 0.2) is 0 Å². The summed E-state index contributed by atoms with van der Waals surface area (Å²) in [5.41, 5.74) is 2.78. The Morgan fingerprint density at radius 2 is 1.77 bits per heavy atom. The molecule has 0 atom stereocenters. The van der Waals surface area contributed by atoms with Crippen molar-refractivity contribution in [3.05, 3.63) is 95.3 Å². The van der Waals surface area contributed by atoms with Crippen molar-refractivity contribution in [1.29, 1.82) is 0 Å². The second-order valence-electron chi connectivity index (χ2n) is 7.62. The molecule has 0 saturated heterocycles. The maximum absolute atomic E-state index is 13.4. The summed E-state index contributed by atoms with van der Waals surface area (Å²) in [5, 5.41) is 0. The molecule has 0 bridgehead atoms. The fourth-order valence-corrected chi connectivity index (χ4v) is 5.39. The average molecular weight is 439 g/mol. The fourth-order valence-electron chi connectivity index (χ4n) is 3.85. The second kappa shape index (κ2) is 8.51. The van der Waals surface area contributed by atoms with Gasteiger partial charge in [-0.05, 0) is 66.4 Å². The van der Waals surface area contributed by atoms with Gasteiger partial charge in [-0.25, -0.2) is 12.8 Å². The van der Waals surface area contributed by atoms with Crippen LogP contribution >= 0.6 is 0 Å². The van der Waals surface area contributed by atoms with Gasteiger partial charge in [0.2, 0.25) is 0 Å². The number of benzene rings is 3. The summed E-state index contributed by atoms with van der Waals surface area (Å²) in [7, 11) is -2.10. The summed E-state index contributed by atoms with van der Waals surface area (Å²) in [5.74, 6) is -0.622. The molecule has 1 heterocycles. The van der Waals surface area contributed by atoms with Gasteiger partial charge in [0.25, 0.3) is 15.9 Å². The van der Waals surface area contributed by atoms with Crippen LogP contribution in [0.5, 0.6) is 0 Å². The van der Waals surface area contributed by atoms with Gasteiger partial charge in [-0.15, -0.1) is 0 Å². The van der Waals surface area contributed by atoms with Crippen LogP contribution in [-0.2, 0) is 23.0 Å². The number of anilines is 1. The number of halogens is 1. The molecule has 7 heteroatoms. The Kier molecular flexibility index (Phi) is 5.78. The molecule has 0 spiro atoms. The third-order valence-corrected chi connectivity index (χ3v) is 7.24. The van der Waals surface area contributed by atoms with E-state index < -0.39 is 10.0 Å². The first-order valence-electron chi connectivity index (χ1n) is 10.1. The van der Waals surface area contributed by atoms with Crippen molar-refractivity contribution in [2.75, 3.05) is 17.9 Å². The van der Waals surface area contributed by atoms with Crippen LogP contribution in [0.4, 0.5) is 10.1 Å². The van der Waals surface area contributed by atoms with Crippen molar-refractivity contribution in [3.63, 3.8) is 0 Å². The molecular formula is C24H23FN2O3S. The fraction of sp³-hybridized carbons (Fsp3) is 0.208. The van der Waals surface area contributed by atoms with E-state index in [1.54, 1.807) is 19.2 Å². The summed E-state index contributed by atoms with van der Waals surface area (Å²) >= 11 is 0. The molecule has 1 amide bonds. The third-order valence-electron chi connectivity index (χ3n) is 5.41. The number of hydrogen-bond acceptors (Lipinski definition) is 3. The summed E-state index contributed by atoms with van der Waals surface area (Å²) < 4.78 is 41.3. The monoisotopic (exact) mass is 438 g/mol. The van der Waals surface area contributed by atoms with E-state index in [1.807, 2.05) is 24.3 Å². The normalized spacial score (nSPS) is 13.5. The molecule has 3 aromatic carbocycles. The average Bonchev–Trinajstić information content (AvgIpc) is 2.78. The lowest BCUT2D eigenvalue weighted by Gasteiger charge is -2.30. The molecule has 5 nitrogen and oxygen atoms in total. The standard InChI is InChI=1S/C24H23FN2O3S/c1-26(17-18-6-4-9-21(25)16-18)24(28)20-11-13-22(14-12-20)31(29,30)27-15-5-8-19-7-2-3-10-23(19)27/h2-4,6-7,9-14,16H,5,8,15,17H2,1H3. The quantitative estimate of drug-likeness (QED) is 0.599. The van der Waals surface area contributed by atoms with Crippen LogP contribution in [0.25, 0.3) is 0 Å². The molecule has 0 radical (unpaired) electrons. The third kappa shape index (κ3) is 4.32. The Morgan fingerprint density at radius 1 is 1.03 bits per heavy atom. The highest BCUT2D eigenvalue weighted by Crippen LogP contribution is 2.31. The van der Waals surface area contributed by atoms with Crippen molar-refractivity contribution in [2.24, 2.45) is 0 Å². The summed E-state index contributed by atoms with van der Waals surface area (Å²) in [6.07, 6.45) is 1.62. The Bertz CT molecular complexity index is 1210. The maximum atomic E-state index is 13.4. The van der Waals surface area contributed by atoms with Crippen LogP contribution < -0.4 is 4.31 Å². The molecule has 160 valence electrons. The molecule has 0 saturated carbocycles. The van der Waals surface area contributed by atoms with Gasteiger partial charge in [-0.1, -0.05) is 30.3 Å². The van der Waals surface area contributed by atoms with E-state index in [2.05, 4.69) is 0 Å². The number of hydrogen-bond donors (Lipinski definition) is 0. The van der Waals surface area contributed by atoms with Crippen molar-refractivity contribution in [3.8, 4) is 0 Å². The van der Waals surface area contributed by atoms with Crippen molar-refractivity contribution < 1.29 is 17.6 Å². The molecule has 4 rings (SSSR count). The van der Waals surface area contributed by atoms with Gasteiger partial charge in [0.1, 0.15) is 5.82 Å². The number of amides is 1. The number of para-hydroxylation sites is 1. The highest BCUT2D eigenvalue weighted by molar-refractivity contribution is 7.92. The number of rotatable bonds is 5. The second-order valence-corrected chi connectivity index (χ2v) is 9.49. The lowest BCUT2D eigenvalue weighted by molar-refractivity contribution is 0.0785. The Hall–Kier alpha value is -3.19. The summed E-state index contributed by atoms with van der Waals surface area (Å²) in [4.78, 5) is 14.4. The van der Waals surface area contributed by atoms with Crippen molar-refractivity contribution in [2.45, 2.75) is 24.3 Å². The molecule has 3 aromatic rings. The molecule has 0 N–H and O–H groups in total. The molecule has 1 aliphatic rings.